The van der Waals surface area contributed by atoms with E-state index in [9.17, 15) is 4.79 Å². The Morgan fingerprint density at radius 2 is 1.35 bits per heavy atom. The van der Waals surface area contributed by atoms with Crippen LogP contribution in [0.1, 0.15) is 5.56 Å². The Labute approximate surface area is 120 Å². The average Bonchev–Trinajstić information content (AvgIpc) is 2.47. The fraction of sp³-hybridized carbons (Fsp3) is 0. The first-order valence-corrected chi connectivity index (χ1v) is 6.56. The van der Waals surface area contributed by atoms with Crippen LogP contribution in [0.3, 0.4) is 0 Å². The number of hydrogen-bond donors (Lipinski definition) is 1. The highest BCUT2D eigenvalue weighted by Gasteiger charge is 2.10. The lowest BCUT2D eigenvalue weighted by Gasteiger charge is -2.10. The van der Waals surface area contributed by atoms with Crippen molar-refractivity contribution in [3.05, 3.63) is 65.2 Å². The molecule has 0 aliphatic rings. The quantitative estimate of drug-likeness (QED) is 0.544. The molecule has 0 unspecified atom stereocenters. The summed E-state index contributed by atoms with van der Waals surface area (Å²) in [6.45, 7) is 0. The van der Waals surface area contributed by atoms with Crippen LogP contribution in [0.5, 0.6) is 0 Å². The highest BCUT2D eigenvalue weighted by atomic mass is 35.5. The minimum atomic E-state index is -0.965. The van der Waals surface area contributed by atoms with Crippen LogP contribution in [0.25, 0.3) is 27.6 Å². The van der Waals surface area contributed by atoms with Crippen molar-refractivity contribution in [3.8, 4) is 0 Å². The molecule has 20 heavy (non-hydrogen) atoms. The van der Waals surface area contributed by atoms with Crippen molar-refractivity contribution in [2.75, 3.05) is 0 Å². The summed E-state index contributed by atoms with van der Waals surface area (Å²) < 4.78 is 0. The third-order valence-electron chi connectivity index (χ3n) is 3.30. The van der Waals surface area contributed by atoms with E-state index in [0.29, 0.717) is 5.02 Å². The molecule has 0 amide bonds. The second kappa shape index (κ2) is 4.99. The van der Waals surface area contributed by atoms with E-state index in [1.165, 1.54) is 0 Å². The topological polar surface area (TPSA) is 37.3 Å². The van der Waals surface area contributed by atoms with E-state index >= 15 is 0 Å². The van der Waals surface area contributed by atoms with Crippen LogP contribution in [-0.4, -0.2) is 11.1 Å². The Balaban J connectivity index is 2.49. The van der Waals surface area contributed by atoms with Crippen LogP contribution in [0, 0.1) is 0 Å². The average molecular weight is 283 g/mol. The smallest absolute Gasteiger partial charge is 0.328 e. The Morgan fingerprint density at radius 3 is 1.80 bits per heavy atom. The second-order valence-electron chi connectivity index (χ2n) is 4.49. The van der Waals surface area contributed by atoms with Crippen LogP contribution in [0.4, 0.5) is 0 Å². The van der Waals surface area contributed by atoms with E-state index in [1.807, 2.05) is 48.5 Å². The fourth-order valence-corrected chi connectivity index (χ4v) is 2.77. The van der Waals surface area contributed by atoms with Gasteiger partial charge in [-0.05, 0) is 22.4 Å². The molecule has 0 fully saturated rings. The van der Waals surface area contributed by atoms with Crippen molar-refractivity contribution in [2.45, 2.75) is 0 Å². The number of carboxylic acids is 1. The Morgan fingerprint density at radius 1 is 0.900 bits per heavy atom. The highest BCUT2D eigenvalue weighted by molar-refractivity contribution is 6.41. The maximum Gasteiger partial charge on any atom is 0.328 e. The Kier molecular flexibility index (Phi) is 3.17. The van der Waals surface area contributed by atoms with Crippen molar-refractivity contribution < 1.29 is 9.90 Å². The summed E-state index contributed by atoms with van der Waals surface area (Å²) >= 11 is 6.47. The predicted molar refractivity (Wildman–Crippen MR) is 83.1 cm³/mol. The molecule has 3 heteroatoms. The van der Waals surface area contributed by atoms with Gasteiger partial charge < -0.3 is 5.11 Å². The normalized spacial score (nSPS) is 11.4. The molecule has 0 aliphatic heterocycles. The van der Waals surface area contributed by atoms with Crippen molar-refractivity contribution in [2.24, 2.45) is 0 Å². The summed E-state index contributed by atoms with van der Waals surface area (Å²) in [4.78, 5) is 10.8. The van der Waals surface area contributed by atoms with Crippen LogP contribution in [0.2, 0.25) is 5.02 Å². The molecule has 98 valence electrons. The minimum Gasteiger partial charge on any atom is -0.478 e. The monoisotopic (exact) mass is 282 g/mol. The van der Waals surface area contributed by atoms with Gasteiger partial charge in [0, 0.05) is 16.8 Å². The molecule has 0 atom stereocenters. The van der Waals surface area contributed by atoms with Gasteiger partial charge in [-0.1, -0.05) is 60.1 Å². The van der Waals surface area contributed by atoms with Crippen LogP contribution >= 0.6 is 11.6 Å². The zero-order valence-corrected chi connectivity index (χ0v) is 11.3. The zero-order valence-electron chi connectivity index (χ0n) is 10.5. The number of halogens is 1. The summed E-state index contributed by atoms with van der Waals surface area (Å²) in [7, 11) is 0. The third-order valence-corrected chi connectivity index (χ3v) is 3.71. The molecule has 0 saturated carbocycles. The van der Waals surface area contributed by atoms with E-state index in [0.717, 1.165) is 33.2 Å². The molecule has 2 nitrogen and oxygen atoms in total. The van der Waals surface area contributed by atoms with Crippen LogP contribution in [-0.2, 0) is 4.79 Å². The lowest BCUT2D eigenvalue weighted by molar-refractivity contribution is -0.131. The van der Waals surface area contributed by atoms with Gasteiger partial charge in [-0.15, -0.1) is 0 Å². The summed E-state index contributed by atoms with van der Waals surface area (Å²) in [6.07, 6.45) is 2.78. The van der Waals surface area contributed by atoms with Gasteiger partial charge in [0.05, 0.1) is 5.02 Å². The molecule has 1 N–H and O–H groups in total. The van der Waals surface area contributed by atoms with Gasteiger partial charge >= 0.3 is 5.97 Å². The molecule has 0 radical (unpaired) electrons. The first kappa shape index (κ1) is 12.7. The fourth-order valence-electron chi connectivity index (χ4n) is 2.44. The Bertz CT molecular complexity index is 793. The molecular weight excluding hydrogens is 272 g/mol. The van der Waals surface area contributed by atoms with E-state index in [1.54, 1.807) is 6.08 Å². The largest absolute Gasteiger partial charge is 0.478 e. The standard InChI is InChI=1S/C17H11ClO2/c18-17-14-7-3-1-5-11(14)13(9-10-16(19)20)12-6-2-4-8-15(12)17/h1-10H,(H,19,20). The molecule has 0 saturated heterocycles. The van der Waals surface area contributed by atoms with Crippen LogP contribution in [0.15, 0.2) is 54.6 Å². The maximum atomic E-state index is 10.8. The van der Waals surface area contributed by atoms with E-state index in [-0.39, 0.29) is 0 Å². The molecule has 3 aromatic rings. The molecule has 0 aliphatic carbocycles. The van der Waals surface area contributed by atoms with Crippen molar-refractivity contribution >= 4 is 45.2 Å². The number of hydrogen-bond acceptors (Lipinski definition) is 1. The first-order valence-electron chi connectivity index (χ1n) is 6.18. The predicted octanol–water partition coefficient (Wildman–Crippen LogP) is 4.74. The minimum absolute atomic E-state index is 0.698. The van der Waals surface area contributed by atoms with Crippen molar-refractivity contribution in [1.82, 2.24) is 0 Å². The Hall–Kier alpha value is -2.32. The number of fused-ring (bicyclic) bond motifs is 2. The van der Waals surface area contributed by atoms with E-state index in [2.05, 4.69) is 0 Å². The van der Waals surface area contributed by atoms with Gasteiger partial charge in [-0.3, -0.25) is 0 Å². The van der Waals surface area contributed by atoms with Gasteiger partial charge in [0.25, 0.3) is 0 Å². The lowest BCUT2D eigenvalue weighted by atomic mass is 9.96. The van der Waals surface area contributed by atoms with Crippen molar-refractivity contribution in [3.63, 3.8) is 0 Å². The lowest BCUT2D eigenvalue weighted by Crippen LogP contribution is -1.89. The van der Waals surface area contributed by atoms with Gasteiger partial charge in [-0.25, -0.2) is 4.79 Å². The molecule has 3 aromatic carbocycles. The molecule has 0 spiro atoms. The SMILES string of the molecule is O=C(O)C=Cc1c2ccccc2c(Cl)c2ccccc12. The van der Waals surface area contributed by atoms with Gasteiger partial charge in [0.2, 0.25) is 0 Å². The van der Waals surface area contributed by atoms with Crippen LogP contribution < -0.4 is 0 Å². The summed E-state index contributed by atoms with van der Waals surface area (Å²) in [6, 6.07) is 15.5. The first-order chi connectivity index (χ1) is 9.68. The molecule has 0 bridgehead atoms. The molecular formula is C17H11ClO2. The summed E-state index contributed by atoms with van der Waals surface area (Å²) in [5, 5.41) is 13.3. The van der Waals surface area contributed by atoms with E-state index in [4.69, 9.17) is 16.7 Å². The van der Waals surface area contributed by atoms with Gasteiger partial charge in [0.15, 0.2) is 0 Å². The molecule has 0 heterocycles. The maximum absolute atomic E-state index is 10.8. The number of aliphatic carboxylic acids is 1. The summed E-state index contributed by atoms with van der Waals surface area (Å²) in [5.74, 6) is -0.965. The van der Waals surface area contributed by atoms with Gasteiger partial charge in [-0.2, -0.15) is 0 Å². The van der Waals surface area contributed by atoms with Crippen molar-refractivity contribution in [1.29, 1.82) is 0 Å². The number of carboxylic acid groups (broad SMARTS) is 1. The second-order valence-corrected chi connectivity index (χ2v) is 4.87. The number of rotatable bonds is 2. The number of benzene rings is 3. The number of carbonyl (C=O) groups is 1. The third kappa shape index (κ3) is 2.04. The summed E-state index contributed by atoms with van der Waals surface area (Å²) in [5.41, 5.74) is 0.878. The van der Waals surface area contributed by atoms with E-state index < -0.39 is 5.97 Å². The zero-order chi connectivity index (χ0) is 14.1. The van der Waals surface area contributed by atoms with Gasteiger partial charge in [0.1, 0.15) is 0 Å². The highest BCUT2D eigenvalue weighted by Crippen LogP contribution is 2.36. The molecule has 0 aromatic heterocycles. The molecule has 3 rings (SSSR count).